The number of fused-ring (bicyclic) bond motifs is 1. The summed E-state index contributed by atoms with van der Waals surface area (Å²) in [6, 6.07) is 4.17. The molecule has 2 heterocycles. The fraction of sp³-hybridized carbons (Fsp3) is 0.357. The van der Waals surface area contributed by atoms with Crippen LogP contribution < -0.4 is 4.90 Å². The lowest BCUT2D eigenvalue weighted by Gasteiger charge is -2.35. The zero-order valence-electron chi connectivity index (χ0n) is 10.6. The van der Waals surface area contributed by atoms with E-state index in [1.165, 1.54) is 6.07 Å². The number of pyridine rings is 1. The Balaban J connectivity index is 2.17. The van der Waals surface area contributed by atoms with E-state index >= 15 is 0 Å². The van der Waals surface area contributed by atoms with Crippen LogP contribution >= 0.6 is 0 Å². The maximum Gasteiger partial charge on any atom is 0.152 e. The summed E-state index contributed by atoms with van der Waals surface area (Å²) in [7, 11) is 0. The third kappa shape index (κ3) is 2.14. The number of rotatable bonds is 1. The average Bonchev–Trinajstić information content (AvgIpc) is 2.39. The quantitative estimate of drug-likeness (QED) is 0.792. The van der Waals surface area contributed by atoms with Crippen molar-refractivity contribution in [3.05, 3.63) is 36.0 Å². The van der Waals surface area contributed by atoms with E-state index < -0.39 is 11.6 Å². The van der Waals surface area contributed by atoms with Crippen LogP contribution in [0.3, 0.4) is 0 Å². The zero-order valence-corrected chi connectivity index (χ0v) is 10.6. The molecule has 0 N–H and O–H groups in total. The first kappa shape index (κ1) is 12.3. The number of benzene rings is 1. The van der Waals surface area contributed by atoms with Gasteiger partial charge in [-0.3, -0.25) is 4.98 Å². The molecule has 1 fully saturated rings. The van der Waals surface area contributed by atoms with Crippen molar-refractivity contribution in [3.63, 3.8) is 0 Å². The smallest absolute Gasteiger partial charge is 0.152 e. The van der Waals surface area contributed by atoms with Crippen LogP contribution in [0.25, 0.3) is 10.9 Å². The van der Waals surface area contributed by atoms with Crippen molar-refractivity contribution in [2.45, 2.75) is 13.0 Å². The molecule has 0 aliphatic carbocycles. The van der Waals surface area contributed by atoms with Gasteiger partial charge in [0.05, 0.1) is 13.2 Å². The second-order valence-electron chi connectivity index (χ2n) is 4.73. The van der Waals surface area contributed by atoms with Crippen LogP contribution in [0.15, 0.2) is 24.4 Å². The Kier molecular flexibility index (Phi) is 3.06. The van der Waals surface area contributed by atoms with E-state index in [0.29, 0.717) is 25.1 Å². The summed E-state index contributed by atoms with van der Waals surface area (Å²) in [6.07, 6.45) is 1.56. The van der Waals surface area contributed by atoms with Crippen LogP contribution in [-0.2, 0) is 4.74 Å². The Hall–Kier alpha value is -1.75. The highest BCUT2D eigenvalue weighted by atomic mass is 19.1. The van der Waals surface area contributed by atoms with Crippen LogP contribution in [0.1, 0.15) is 6.92 Å². The van der Waals surface area contributed by atoms with Gasteiger partial charge in [0.1, 0.15) is 11.3 Å². The Morgan fingerprint density at radius 1 is 1.37 bits per heavy atom. The summed E-state index contributed by atoms with van der Waals surface area (Å²) in [5.41, 5.74) is 1.01. The molecule has 1 aromatic heterocycles. The van der Waals surface area contributed by atoms with Crippen molar-refractivity contribution in [1.82, 2.24) is 4.98 Å². The lowest BCUT2D eigenvalue weighted by Crippen LogP contribution is -2.43. The van der Waals surface area contributed by atoms with Gasteiger partial charge in [-0.2, -0.15) is 0 Å². The largest absolute Gasteiger partial charge is 0.377 e. The van der Waals surface area contributed by atoms with Gasteiger partial charge in [0.25, 0.3) is 0 Å². The maximum atomic E-state index is 13.7. The first-order valence-electron chi connectivity index (χ1n) is 6.25. The van der Waals surface area contributed by atoms with Crippen molar-refractivity contribution in [2.24, 2.45) is 0 Å². The summed E-state index contributed by atoms with van der Waals surface area (Å²) >= 11 is 0. The van der Waals surface area contributed by atoms with Gasteiger partial charge in [-0.05, 0) is 19.1 Å². The number of nitrogens with zero attached hydrogens (tertiary/aromatic N) is 2. The summed E-state index contributed by atoms with van der Waals surface area (Å²) in [5, 5.41) is 0.508. The highest BCUT2D eigenvalue weighted by molar-refractivity contribution is 5.92. The molecular formula is C14H14F2N2O. The highest BCUT2D eigenvalue weighted by Crippen LogP contribution is 2.29. The Labute approximate surface area is 109 Å². The van der Waals surface area contributed by atoms with Crippen LogP contribution in [0, 0.1) is 11.6 Å². The second-order valence-corrected chi connectivity index (χ2v) is 4.73. The molecular weight excluding hydrogens is 250 g/mol. The van der Waals surface area contributed by atoms with Gasteiger partial charge in [-0.25, -0.2) is 8.78 Å². The average molecular weight is 264 g/mol. The van der Waals surface area contributed by atoms with E-state index in [2.05, 4.69) is 9.88 Å². The Morgan fingerprint density at radius 3 is 3.00 bits per heavy atom. The monoisotopic (exact) mass is 264 g/mol. The molecule has 3 rings (SSSR count). The molecule has 0 saturated carbocycles. The molecule has 1 aliphatic heterocycles. The normalized spacial score (nSPS) is 19.9. The van der Waals surface area contributed by atoms with Crippen LogP contribution in [0.2, 0.25) is 0 Å². The highest BCUT2D eigenvalue weighted by Gasteiger charge is 2.21. The number of hydrogen-bond donors (Lipinski definition) is 0. The number of morpholine rings is 1. The predicted molar refractivity (Wildman–Crippen MR) is 69.3 cm³/mol. The maximum absolute atomic E-state index is 13.7. The summed E-state index contributed by atoms with van der Waals surface area (Å²) < 4.78 is 32.6. The molecule has 3 nitrogen and oxygen atoms in total. The molecule has 0 spiro atoms. The summed E-state index contributed by atoms with van der Waals surface area (Å²) in [4.78, 5) is 6.11. The number of ether oxygens (including phenoxy) is 1. The van der Waals surface area contributed by atoms with Crippen molar-refractivity contribution in [2.75, 3.05) is 24.7 Å². The summed E-state index contributed by atoms with van der Waals surface area (Å²) in [6.45, 7) is 3.97. The van der Waals surface area contributed by atoms with E-state index in [1.807, 2.05) is 6.92 Å². The molecule has 2 aromatic rings. The lowest BCUT2D eigenvalue weighted by molar-refractivity contribution is 0.0991. The molecule has 0 radical (unpaired) electrons. The molecule has 1 aromatic carbocycles. The van der Waals surface area contributed by atoms with Crippen LogP contribution in [0.5, 0.6) is 0 Å². The Morgan fingerprint density at radius 2 is 2.21 bits per heavy atom. The molecule has 0 bridgehead atoms. The molecule has 1 aliphatic rings. The van der Waals surface area contributed by atoms with Crippen molar-refractivity contribution in [1.29, 1.82) is 0 Å². The van der Waals surface area contributed by atoms with Gasteiger partial charge in [-0.1, -0.05) is 0 Å². The van der Waals surface area contributed by atoms with Gasteiger partial charge < -0.3 is 9.64 Å². The van der Waals surface area contributed by atoms with Crippen molar-refractivity contribution < 1.29 is 13.5 Å². The van der Waals surface area contributed by atoms with Crippen LogP contribution in [0.4, 0.5) is 14.5 Å². The van der Waals surface area contributed by atoms with E-state index in [9.17, 15) is 8.78 Å². The minimum atomic E-state index is -0.627. The fourth-order valence-corrected chi connectivity index (χ4v) is 2.50. The van der Waals surface area contributed by atoms with E-state index in [1.54, 1.807) is 12.3 Å². The summed E-state index contributed by atoms with van der Waals surface area (Å²) in [5.74, 6) is -1.21. The standard InChI is InChI=1S/C14H14F2N2O/c1-9-8-19-5-4-18(9)13-2-3-17-14-11(13)6-10(15)7-12(14)16/h2-3,6-7,9H,4-5,8H2,1H3/t9-/m1/s1. The Bertz CT molecular complexity index is 618. The second kappa shape index (κ2) is 4.74. The molecule has 0 amide bonds. The number of anilines is 1. The minimum absolute atomic E-state index is 0.172. The SMILES string of the molecule is C[C@@H]1COCCN1c1ccnc2c(F)cc(F)cc12. The number of aromatic nitrogens is 1. The molecule has 0 unspecified atom stereocenters. The van der Waals surface area contributed by atoms with Gasteiger partial charge in [0, 0.05) is 35.9 Å². The first-order chi connectivity index (χ1) is 9.16. The lowest BCUT2D eigenvalue weighted by atomic mass is 10.1. The molecule has 100 valence electrons. The van der Waals surface area contributed by atoms with Crippen molar-refractivity contribution >= 4 is 16.6 Å². The third-order valence-electron chi connectivity index (χ3n) is 3.42. The number of halogens is 2. The minimum Gasteiger partial charge on any atom is -0.377 e. The van der Waals surface area contributed by atoms with E-state index in [-0.39, 0.29) is 11.6 Å². The topological polar surface area (TPSA) is 25.4 Å². The fourth-order valence-electron chi connectivity index (χ4n) is 2.50. The van der Waals surface area contributed by atoms with Gasteiger partial charge >= 0.3 is 0 Å². The van der Waals surface area contributed by atoms with Crippen LogP contribution in [-0.4, -0.2) is 30.8 Å². The zero-order chi connectivity index (χ0) is 13.4. The van der Waals surface area contributed by atoms with E-state index in [4.69, 9.17) is 4.74 Å². The third-order valence-corrected chi connectivity index (χ3v) is 3.42. The molecule has 1 atom stereocenters. The van der Waals surface area contributed by atoms with Crippen molar-refractivity contribution in [3.8, 4) is 0 Å². The molecule has 19 heavy (non-hydrogen) atoms. The molecule has 5 heteroatoms. The van der Waals surface area contributed by atoms with Gasteiger partial charge in [0.2, 0.25) is 0 Å². The predicted octanol–water partition coefficient (Wildman–Crippen LogP) is 2.74. The number of hydrogen-bond acceptors (Lipinski definition) is 3. The van der Waals surface area contributed by atoms with Gasteiger partial charge in [-0.15, -0.1) is 0 Å². The van der Waals surface area contributed by atoms with E-state index in [0.717, 1.165) is 11.8 Å². The molecule has 1 saturated heterocycles. The first-order valence-corrected chi connectivity index (χ1v) is 6.25. The van der Waals surface area contributed by atoms with Gasteiger partial charge in [0.15, 0.2) is 5.82 Å².